The Balaban J connectivity index is 1.69. The van der Waals surface area contributed by atoms with Gasteiger partial charge in [-0.25, -0.2) is 4.39 Å². The quantitative estimate of drug-likeness (QED) is 0.432. The molecule has 0 unspecified atom stereocenters. The number of nitrogens with two attached hydrogens (primary N) is 1. The monoisotopic (exact) mass is 343 g/mol. The van der Waals surface area contributed by atoms with Crippen LogP contribution >= 0.6 is 0 Å². The van der Waals surface area contributed by atoms with Crippen LogP contribution in [-0.2, 0) is 9.47 Å². The molecule has 0 aliphatic heterocycles. The second-order valence-electron chi connectivity index (χ2n) is 5.16. The molecule has 0 saturated carbocycles. The molecule has 0 fully saturated rings. The minimum absolute atomic E-state index is 0.118. The van der Waals surface area contributed by atoms with E-state index < -0.39 is 6.67 Å². The first kappa shape index (κ1) is 18.8. The Kier molecular flexibility index (Phi) is 8.33. The van der Waals surface area contributed by atoms with Crippen LogP contribution in [0.15, 0.2) is 48.5 Å². The van der Waals surface area contributed by atoms with E-state index in [0.29, 0.717) is 26.4 Å². The Morgan fingerprint density at radius 1 is 0.720 bits per heavy atom. The van der Waals surface area contributed by atoms with Gasteiger partial charge in [0.2, 0.25) is 0 Å². The van der Waals surface area contributed by atoms with Gasteiger partial charge in [0.1, 0.15) is 19.0 Å². The number of alkyl halides is 1. The summed E-state index contributed by atoms with van der Waals surface area (Å²) >= 11 is 0. The summed E-state index contributed by atoms with van der Waals surface area (Å²) in [6, 6.07) is 15.0. The van der Waals surface area contributed by atoms with Gasteiger partial charge in [0.25, 0.3) is 0 Å². The van der Waals surface area contributed by atoms with Gasteiger partial charge in [-0.3, -0.25) is 0 Å². The number of anilines is 1. The fourth-order valence-corrected chi connectivity index (χ4v) is 1.94. The molecule has 0 aromatic heterocycles. The normalized spacial score (nSPS) is 10.1. The smallest absolute Gasteiger partial charge is 0.119 e. The van der Waals surface area contributed by atoms with Gasteiger partial charge < -0.3 is 19.9 Å². The highest BCUT2D eigenvalue weighted by Crippen LogP contribution is 2.12. The number of rotatable bonds is 9. The summed E-state index contributed by atoms with van der Waals surface area (Å²) < 4.78 is 27.6. The van der Waals surface area contributed by atoms with Crippen molar-refractivity contribution in [2.45, 2.75) is 0 Å². The van der Waals surface area contributed by atoms with Gasteiger partial charge in [-0.1, -0.05) is 11.8 Å². The first-order chi connectivity index (χ1) is 12.3. The zero-order chi connectivity index (χ0) is 17.7. The Bertz CT molecular complexity index is 675. The van der Waals surface area contributed by atoms with Crippen LogP contribution < -0.4 is 10.5 Å². The van der Waals surface area contributed by atoms with Crippen molar-refractivity contribution < 1.29 is 18.6 Å². The maximum absolute atomic E-state index is 11.8. The molecular weight excluding hydrogens is 321 g/mol. The third kappa shape index (κ3) is 7.71. The summed E-state index contributed by atoms with van der Waals surface area (Å²) in [4.78, 5) is 0. The summed E-state index contributed by atoms with van der Waals surface area (Å²) in [7, 11) is 0. The van der Waals surface area contributed by atoms with Crippen LogP contribution in [0.3, 0.4) is 0 Å². The minimum Gasteiger partial charge on any atom is -0.491 e. The standard InChI is InChI=1S/C20H22FNO3/c21-11-12-23-13-14-24-15-16-25-20-9-5-18(6-10-20)2-1-17-3-7-19(22)8-4-17/h3-10H,11-16,22H2. The molecule has 2 aromatic carbocycles. The molecule has 0 spiro atoms. The fourth-order valence-electron chi connectivity index (χ4n) is 1.94. The molecule has 2 N–H and O–H groups in total. The van der Waals surface area contributed by atoms with Gasteiger partial charge in [0.05, 0.1) is 26.4 Å². The lowest BCUT2D eigenvalue weighted by Crippen LogP contribution is -2.11. The second-order valence-corrected chi connectivity index (χ2v) is 5.16. The highest BCUT2D eigenvalue weighted by Gasteiger charge is 1.95. The predicted octanol–water partition coefficient (Wildman–Crippen LogP) is 3.05. The predicted molar refractivity (Wildman–Crippen MR) is 96.4 cm³/mol. The molecule has 132 valence electrons. The van der Waals surface area contributed by atoms with Gasteiger partial charge in [0.15, 0.2) is 0 Å². The molecular formula is C20H22FNO3. The number of halogens is 1. The highest BCUT2D eigenvalue weighted by molar-refractivity contribution is 5.48. The van der Waals surface area contributed by atoms with Crippen molar-refractivity contribution in [2.75, 3.05) is 45.4 Å². The van der Waals surface area contributed by atoms with E-state index in [0.717, 1.165) is 22.6 Å². The van der Waals surface area contributed by atoms with Gasteiger partial charge >= 0.3 is 0 Å². The summed E-state index contributed by atoms with van der Waals surface area (Å²) in [5, 5.41) is 0. The van der Waals surface area contributed by atoms with E-state index in [-0.39, 0.29) is 6.61 Å². The largest absolute Gasteiger partial charge is 0.491 e. The topological polar surface area (TPSA) is 53.7 Å². The minimum atomic E-state index is -0.469. The molecule has 0 aliphatic carbocycles. The molecule has 2 rings (SSSR count). The van der Waals surface area contributed by atoms with Crippen molar-refractivity contribution in [3.05, 3.63) is 59.7 Å². The lowest BCUT2D eigenvalue weighted by Gasteiger charge is -2.07. The van der Waals surface area contributed by atoms with E-state index in [1.165, 1.54) is 0 Å². The molecule has 4 nitrogen and oxygen atoms in total. The zero-order valence-corrected chi connectivity index (χ0v) is 14.0. The number of ether oxygens (including phenoxy) is 3. The Hall–Kier alpha value is -2.55. The van der Waals surface area contributed by atoms with Crippen molar-refractivity contribution in [3.63, 3.8) is 0 Å². The molecule has 2 aromatic rings. The third-order valence-electron chi connectivity index (χ3n) is 3.21. The van der Waals surface area contributed by atoms with Crippen LogP contribution in [0.2, 0.25) is 0 Å². The Morgan fingerprint density at radius 2 is 1.24 bits per heavy atom. The first-order valence-electron chi connectivity index (χ1n) is 8.10. The van der Waals surface area contributed by atoms with Crippen molar-refractivity contribution in [1.29, 1.82) is 0 Å². The lowest BCUT2D eigenvalue weighted by molar-refractivity contribution is 0.0325. The molecule has 0 amide bonds. The molecule has 0 heterocycles. The van der Waals surface area contributed by atoms with Crippen LogP contribution in [0.4, 0.5) is 10.1 Å². The Morgan fingerprint density at radius 3 is 1.84 bits per heavy atom. The zero-order valence-electron chi connectivity index (χ0n) is 14.0. The summed E-state index contributed by atoms with van der Waals surface area (Å²) in [5.74, 6) is 6.94. The van der Waals surface area contributed by atoms with Crippen LogP contribution in [0.1, 0.15) is 11.1 Å². The van der Waals surface area contributed by atoms with E-state index in [4.69, 9.17) is 19.9 Å². The molecule has 0 atom stereocenters. The number of hydrogen-bond donors (Lipinski definition) is 1. The van der Waals surface area contributed by atoms with Crippen LogP contribution in [0.25, 0.3) is 0 Å². The summed E-state index contributed by atoms with van der Waals surface area (Å²) in [6.07, 6.45) is 0. The maximum atomic E-state index is 11.8. The summed E-state index contributed by atoms with van der Waals surface area (Å²) in [5.41, 5.74) is 8.20. The number of nitrogen functional groups attached to an aromatic ring is 1. The number of hydrogen-bond acceptors (Lipinski definition) is 4. The van der Waals surface area contributed by atoms with Gasteiger partial charge in [-0.2, -0.15) is 0 Å². The molecule has 0 aliphatic rings. The SMILES string of the molecule is Nc1ccc(C#Cc2ccc(OCCOCCOCCF)cc2)cc1. The molecule has 0 saturated heterocycles. The van der Waals surface area contributed by atoms with Crippen LogP contribution in [0.5, 0.6) is 5.75 Å². The molecule has 0 radical (unpaired) electrons. The Labute approximate surface area is 147 Å². The van der Waals surface area contributed by atoms with Crippen molar-refractivity contribution in [2.24, 2.45) is 0 Å². The van der Waals surface area contributed by atoms with E-state index in [9.17, 15) is 4.39 Å². The van der Waals surface area contributed by atoms with Crippen molar-refractivity contribution >= 4 is 5.69 Å². The lowest BCUT2D eigenvalue weighted by atomic mass is 10.1. The fraction of sp³-hybridized carbons (Fsp3) is 0.300. The van der Waals surface area contributed by atoms with Gasteiger partial charge in [-0.15, -0.1) is 0 Å². The van der Waals surface area contributed by atoms with E-state index in [1.807, 2.05) is 48.5 Å². The average molecular weight is 343 g/mol. The number of benzene rings is 2. The highest BCUT2D eigenvalue weighted by atomic mass is 19.1. The average Bonchev–Trinajstić information content (AvgIpc) is 2.64. The maximum Gasteiger partial charge on any atom is 0.119 e. The molecule has 25 heavy (non-hydrogen) atoms. The second kappa shape index (κ2) is 11.1. The first-order valence-corrected chi connectivity index (χ1v) is 8.10. The van der Waals surface area contributed by atoms with E-state index >= 15 is 0 Å². The van der Waals surface area contributed by atoms with Crippen LogP contribution in [0, 0.1) is 11.8 Å². The van der Waals surface area contributed by atoms with Gasteiger partial charge in [0, 0.05) is 16.8 Å². The molecule has 0 bridgehead atoms. The molecule has 5 heteroatoms. The van der Waals surface area contributed by atoms with Crippen molar-refractivity contribution in [1.82, 2.24) is 0 Å². The van der Waals surface area contributed by atoms with Gasteiger partial charge in [-0.05, 0) is 48.5 Å². The van der Waals surface area contributed by atoms with E-state index in [1.54, 1.807) is 0 Å². The van der Waals surface area contributed by atoms with E-state index in [2.05, 4.69) is 11.8 Å². The third-order valence-corrected chi connectivity index (χ3v) is 3.21. The van der Waals surface area contributed by atoms with Crippen LogP contribution in [-0.4, -0.2) is 39.7 Å². The van der Waals surface area contributed by atoms with Crippen molar-refractivity contribution in [3.8, 4) is 17.6 Å². The summed E-state index contributed by atoms with van der Waals surface area (Å²) in [6.45, 7) is 1.38.